The van der Waals surface area contributed by atoms with Gasteiger partial charge in [0, 0.05) is 29.5 Å². The van der Waals surface area contributed by atoms with Gasteiger partial charge in [-0.05, 0) is 26.0 Å². The maximum atomic E-state index is 12.4. The van der Waals surface area contributed by atoms with E-state index in [1.165, 1.54) is 18.2 Å². The molecule has 0 radical (unpaired) electrons. The van der Waals surface area contributed by atoms with E-state index in [0.29, 0.717) is 16.7 Å². The quantitative estimate of drug-likeness (QED) is 0.375. The number of ether oxygens (including phenoxy) is 2. The molecular weight excluding hydrogens is 376 g/mol. The molecule has 1 aromatic heterocycles. The highest BCUT2D eigenvalue weighted by atomic mass is 16.6. The molecule has 0 spiro atoms. The Labute approximate surface area is 166 Å². The summed E-state index contributed by atoms with van der Waals surface area (Å²) in [5, 5.41) is 20.8. The van der Waals surface area contributed by atoms with Gasteiger partial charge in [0.2, 0.25) is 0 Å². The van der Waals surface area contributed by atoms with Crippen molar-refractivity contribution in [1.82, 2.24) is 15.5 Å². The van der Waals surface area contributed by atoms with Crippen molar-refractivity contribution >= 4 is 22.5 Å². The lowest BCUT2D eigenvalue weighted by Crippen LogP contribution is -2.28. The lowest BCUT2D eigenvalue weighted by molar-refractivity contribution is -0.384. The smallest absolute Gasteiger partial charge is 0.272 e. The Bertz CT molecular complexity index is 1110. The van der Waals surface area contributed by atoms with Gasteiger partial charge in [0.05, 0.1) is 17.0 Å². The standard InChI is InChI=1S/C20H20N4O5/c1-20(2)11-12-4-3-5-16(18(12)29-20)28-9-8-21-19(25)17-14-10-13(24(26)27)6-7-15(14)22-23-17/h3-7,10H,8-9,11H2,1-2H3,(H,21,25)(H,22,23). The highest BCUT2D eigenvalue weighted by molar-refractivity contribution is 6.05. The molecule has 1 aliphatic heterocycles. The molecule has 1 amide bonds. The summed E-state index contributed by atoms with van der Waals surface area (Å²) < 4.78 is 11.8. The molecule has 0 aliphatic carbocycles. The number of nitro groups is 1. The molecule has 1 aliphatic rings. The van der Waals surface area contributed by atoms with Crippen molar-refractivity contribution in [3.8, 4) is 11.5 Å². The molecule has 3 aromatic rings. The Balaban J connectivity index is 1.38. The third-order valence-electron chi connectivity index (χ3n) is 4.67. The van der Waals surface area contributed by atoms with Crippen LogP contribution in [0.25, 0.3) is 10.9 Å². The normalized spacial score (nSPS) is 14.3. The van der Waals surface area contributed by atoms with Crippen molar-refractivity contribution in [3.63, 3.8) is 0 Å². The first-order valence-corrected chi connectivity index (χ1v) is 9.18. The van der Waals surface area contributed by atoms with Crippen LogP contribution < -0.4 is 14.8 Å². The van der Waals surface area contributed by atoms with Crippen LogP contribution in [0, 0.1) is 10.1 Å². The molecular formula is C20H20N4O5. The van der Waals surface area contributed by atoms with Crippen molar-refractivity contribution in [2.75, 3.05) is 13.2 Å². The first-order chi connectivity index (χ1) is 13.8. The van der Waals surface area contributed by atoms with Crippen LogP contribution in [0.5, 0.6) is 11.5 Å². The molecule has 9 nitrogen and oxygen atoms in total. The molecule has 0 atom stereocenters. The van der Waals surface area contributed by atoms with Crippen LogP contribution in [0.2, 0.25) is 0 Å². The Kier molecular flexibility index (Phi) is 4.57. The number of amides is 1. The highest BCUT2D eigenvalue weighted by Gasteiger charge is 2.32. The van der Waals surface area contributed by atoms with Gasteiger partial charge in [0.15, 0.2) is 17.2 Å². The minimum atomic E-state index is -0.510. The number of hydrogen-bond donors (Lipinski definition) is 2. The van der Waals surface area contributed by atoms with E-state index >= 15 is 0 Å². The second-order valence-electron chi connectivity index (χ2n) is 7.45. The molecule has 29 heavy (non-hydrogen) atoms. The Hall–Kier alpha value is -3.62. The third-order valence-corrected chi connectivity index (χ3v) is 4.67. The molecule has 2 heterocycles. The molecule has 0 bridgehead atoms. The van der Waals surface area contributed by atoms with Gasteiger partial charge in [-0.15, -0.1) is 0 Å². The topological polar surface area (TPSA) is 119 Å². The number of carbonyl (C=O) groups excluding carboxylic acids is 1. The molecule has 150 valence electrons. The second kappa shape index (κ2) is 7.08. The van der Waals surface area contributed by atoms with Crippen molar-refractivity contribution < 1.29 is 19.2 Å². The molecule has 0 unspecified atom stereocenters. The second-order valence-corrected chi connectivity index (χ2v) is 7.45. The van der Waals surface area contributed by atoms with Crippen molar-refractivity contribution in [2.24, 2.45) is 0 Å². The Morgan fingerprint density at radius 3 is 3.00 bits per heavy atom. The van der Waals surface area contributed by atoms with Crippen LogP contribution in [0.1, 0.15) is 29.9 Å². The monoisotopic (exact) mass is 396 g/mol. The highest BCUT2D eigenvalue weighted by Crippen LogP contribution is 2.41. The number of H-pyrrole nitrogens is 1. The van der Waals surface area contributed by atoms with Gasteiger partial charge >= 0.3 is 0 Å². The van der Waals surface area contributed by atoms with Crippen LogP contribution >= 0.6 is 0 Å². The summed E-state index contributed by atoms with van der Waals surface area (Å²) in [5.41, 5.74) is 1.39. The maximum absolute atomic E-state index is 12.4. The summed E-state index contributed by atoms with van der Waals surface area (Å²) in [7, 11) is 0. The van der Waals surface area contributed by atoms with E-state index in [2.05, 4.69) is 15.5 Å². The number of aromatic nitrogens is 2. The Morgan fingerprint density at radius 2 is 2.21 bits per heavy atom. The molecule has 2 N–H and O–H groups in total. The van der Waals surface area contributed by atoms with E-state index in [1.54, 1.807) is 0 Å². The Morgan fingerprint density at radius 1 is 1.38 bits per heavy atom. The lowest BCUT2D eigenvalue weighted by atomic mass is 10.0. The summed E-state index contributed by atoms with van der Waals surface area (Å²) in [6.45, 7) is 4.54. The van der Waals surface area contributed by atoms with Gasteiger partial charge in [-0.2, -0.15) is 5.10 Å². The van der Waals surface area contributed by atoms with Gasteiger partial charge in [0.25, 0.3) is 11.6 Å². The van der Waals surface area contributed by atoms with E-state index in [9.17, 15) is 14.9 Å². The fourth-order valence-electron chi connectivity index (χ4n) is 3.40. The number of non-ortho nitro benzene ring substituents is 1. The summed E-state index contributed by atoms with van der Waals surface area (Å²) in [6.07, 6.45) is 0.814. The largest absolute Gasteiger partial charge is 0.488 e. The fraction of sp³-hybridized carbons (Fsp3) is 0.300. The van der Waals surface area contributed by atoms with Gasteiger partial charge in [0.1, 0.15) is 12.2 Å². The molecule has 0 saturated carbocycles. The van der Waals surface area contributed by atoms with Gasteiger partial charge in [-0.1, -0.05) is 12.1 Å². The average molecular weight is 396 g/mol. The zero-order chi connectivity index (χ0) is 20.6. The number of carbonyl (C=O) groups is 1. The fourth-order valence-corrected chi connectivity index (χ4v) is 3.40. The number of rotatable bonds is 6. The number of aromatic amines is 1. The summed E-state index contributed by atoms with van der Waals surface area (Å²) in [4.78, 5) is 22.9. The predicted octanol–water partition coefficient (Wildman–Crippen LogP) is 2.99. The predicted molar refractivity (Wildman–Crippen MR) is 105 cm³/mol. The van der Waals surface area contributed by atoms with Crippen LogP contribution in [-0.2, 0) is 6.42 Å². The van der Waals surface area contributed by atoms with Gasteiger partial charge < -0.3 is 14.8 Å². The summed E-state index contributed by atoms with van der Waals surface area (Å²) >= 11 is 0. The van der Waals surface area contributed by atoms with E-state index in [4.69, 9.17) is 9.47 Å². The van der Waals surface area contributed by atoms with Crippen LogP contribution in [0.4, 0.5) is 5.69 Å². The van der Waals surface area contributed by atoms with E-state index in [-0.39, 0.29) is 30.1 Å². The minimum Gasteiger partial charge on any atom is -0.488 e. The maximum Gasteiger partial charge on any atom is 0.272 e. The number of nitrogens with zero attached hydrogens (tertiary/aromatic N) is 2. The van der Waals surface area contributed by atoms with E-state index in [1.807, 2.05) is 32.0 Å². The van der Waals surface area contributed by atoms with Gasteiger partial charge in [-0.3, -0.25) is 20.0 Å². The summed E-state index contributed by atoms with van der Waals surface area (Å²) in [6, 6.07) is 9.98. The summed E-state index contributed by atoms with van der Waals surface area (Å²) in [5.74, 6) is 0.952. The number of hydrogen-bond acceptors (Lipinski definition) is 6. The first-order valence-electron chi connectivity index (χ1n) is 9.18. The SMILES string of the molecule is CC1(C)Cc2cccc(OCCNC(=O)c3n[nH]c4ccc([N+](=O)[O-])cc34)c2O1. The third kappa shape index (κ3) is 3.71. The molecule has 9 heteroatoms. The zero-order valence-corrected chi connectivity index (χ0v) is 16.0. The van der Waals surface area contributed by atoms with Gasteiger partial charge in [-0.25, -0.2) is 0 Å². The average Bonchev–Trinajstić information content (AvgIpc) is 3.23. The minimum absolute atomic E-state index is 0.0999. The molecule has 2 aromatic carbocycles. The van der Waals surface area contributed by atoms with E-state index in [0.717, 1.165) is 17.7 Å². The van der Waals surface area contributed by atoms with Crippen molar-refractivity contribution in [3.05, 3.63) is 57.8 Å². The van der Waals surface area contributed by atoms with E-state index < -0.39 is 10.8 Å². The van der Waals surface area contributed by atoms with Crippen LogP contribution in [0.15, 0.2) is 36.4 Å². The lowest BCUT2D eigenvalue weighted by Gasteiger charge is -2.18. The van der Waals surface area contributed by atoms with Crippen LogP contribution in [0.3, 0.4) is 0 Å². The number of nitrogens with one attached hydrogen (secondary N) is 2. The van der Waals surface area contributed by atoms with Crippen LogP contribution in [-0.4, -0.2) is 39.8 Å². The molecule has 4 rings (SSSR count). The molecule has 0 saturated heterocycles. The number of fused-ring (bicyclic) bond motifs is 2. The number of benzene rings is 2. The number of nitro benzene ring substituents is 1. The zero-order valence-electron chi connectivity index (χ0n) is 16.0. The molecule has 0 fully saturated rings. The number of para-hydroxylation sites is 1. The van der Waals surface area contributed by atoms with Crippen molar-refractivity contribution in [1.29, 1.82) is 0 Å². The van der Waals surface area contributed by atoms with Crippen molar-refractivity contribution in [2.45, 2.75) is 25.9 Å². The first kappa shape index (κ1) is 18.7.